The van der Waals surface area contributed by atoms with Gasteiger partial charge < -0.3 is 15.2 Å². The molecule has 0 aliphatic heterocycles. The number of nitrogens with zero attached hydrogens (tertiary/aromatic N) is 5. The molecule has 0 bridgehead atoms. The van der Waals surface area contributed by atoms with Gasteiger partial charge in [-0.1, -0.05) is 79.1 Å². The summed E-state index contributed by atoms with van der Waals surface area (Å²) in [6.45, 7) is 0.429. The molecular formula is C35H35N7O4S2. The number of sulfonamides is 1. The van der Waals surface area contributed by atoms with E-state index in [1.165, 1.54) is 16.1 Å². The number of nitrogens with two attached hydrogens (primary N) is 1. The highest BCUT2D eigenvalue weighted by Crippen LogP contribution is 2.43. The second-order valence-electron chi connectivity index (χ2n) is 11.8. The van der Waals surface area contributed by atoms with Gasteiger partial charge in [0, 0.05) is 12.1 Å². The fourth-order valence-corrected chi connectivity index (χ4v) is 8.26. The number of aromatic nitrogens is 5. The lowest BCUT2D eigenvalue weighted by atomic mass is 9.80. The number of rotatable bonds is 12. The van der Waals surface area contributed by atoms with E-state index in [0.717, 1.165) is 52.0 Å². The van der Waals surface area contributed by atoms with Crippen molar-refractivity contribution < 1.29 is 17.9 Å². The monoisotopic (exact) mass is 681 g/mol. The van der Waals surface area contributed by atoms with E-state index in [-0.39, 0.29) is 17.3 Å². The summed E-state index contributed by atoms with van der Waals surface area (Å²) in [5.41, 5.74) is 11.0. The molecule has 2 heterocycles. The molecule has 13 heteroatoms. The molecule has 0 saturated heterocycles. The minimum absolute atomic E-state index is 0.0919. The molecule has 0 atom stereocenters. The standard InChI is InChI=1S/C35H35N7O4S2/c1-45-26-14-9-23(10-15-26)20-37-48(43,44)33-25(19-22-5-3-6-22)13-18-28(29-7-4-8-30-32(29)38-35(36)47-30)31(33)34-39-41-42(40-34)21-24-11-16-27(46-2)17-12-24/h4,7-18,22,37H,3,5-6,19-21H2,1-2H3,(H2,36,38). The van der Waals surface area contributed by atoms with Crippen molar-refractivity contribution in [3.63, 3.8) is 0 Å². The van der Waals surface area contributed by atoms with Gasteiger partial charge >= 0.3 is 0 Å². The Morgan fingerprint density at radius 2 is 1.62 bits per heavy atom. The number of nitrogen functional groups attached to an aromatic ring is 1. The lowest BCUT2D eigenvalue weighted by Crippen LogP contribution is -2.26. The highest BCUT2D eigenvalue weighted by Gasteiger charge is 2.31. The zero-order chi connectivity index (χ0) is 33.3. The number of thiazole rings is 1. The van der Waals surface area contributed by atoms with Crippen LogP contribution in [0.3, 0.4) is 0 Å². The number of methoxy groups -OCH3 is 2. The molecule has 7 rings (SSSR count). The van der Waals surface area contributed by atoms with Crippen LogP contribution in [0.5, 0.6) is 11.5 Å². The Hall–Kier alpha value is -4.85. The molecule has 3 N–H and O–H groups in total. The first-order valence-corrected chi connectivity index (χ1v) is 18.0. The SMILES string of the molecule is COc1ccc(CNS(=O)(=O)c2c(CC3CCC3)ccc(-c3cccc4sc(N)nc34)c2-c2nnn(Cc3ccc(OC)cc3)n2)cc1. The van der Waals surface area contributed by atoms with Crippen LogP contribution in [-0.2, 0) is 29.5 Å². The number of ether oxygens (including phenoxy) is 2. The van der Waals surface area contributed by atoms with Crippen LogP contribution >= 0.6 is 11.3 Å². The molecule has 1 saturated carbocycles. The number of benzene rings is 4. The van der Waals surface area contributed by atoms with Crippen LogP contribution in [0.25, 0.3) is 32.7 Å². The van der Waals surface area contributed by atoms with E-state index < -0.39 is 10.0 Å². The van der Waals surface area contributed by atoms with E-state index in [9.17, 15) is 8.42 Å². The van der Waals surface area contributed by atoms with Gasteiger partial charge in [-0.3, -0.25) is 0 Å². The summed E-state index contributed by atoms with van der Waals surface area (Å²) in [5.74, 6) is 2.05. The zero-order valence-corrected chi connectivity index (χ0v) is 28.2. The van der Waals surface area contributed by atoms with Gasteiger partial charge in [-0.25, -0.2) is 18.1 Å². The Bertz CT molecular complexity index is 2180. The summed E-state index contributed by atoms with van der Waals surface area (Å²) >= 11 is 1.38. The van der Waals surface area contributed by atoms with E-state index in [1.807, 2.05) is 78.9 Å². The lowest BCUT2D eigenvalue weighted by molar-refractivity contribution is 0.313. The van der Waals surface area contributed by atoms with Crippen LogP contribution in [0.2, 0.25) is 0 Å². The molecule has 0 radical (unpaired) electrons. The number of tetrazole rings is 1. The number of nitrogens with one attached hydrogen (secondary N) is 1. The average molecular weight is 682 g/mol. The van der Waals surface area contributed by atoms with Crippen molar-refractivity contribution in [3.05, 3.63) is 95.6 Å². The third-order valence-electron chi connectivity index (χ3n) is 8.75. The van der Waals surface area contributed by atoms with Gasteiger partial charge in [0.2, 0.25) is 15.8 Å². The number of hydrogen-bond donors (Lipinski definition) is 2. The fourth-order valence-electron chi connectivity index (χ4n) is 6.03. The molecule has 1 aliphatic rings. The van der Waals surface area contributed by atoms with Crippen LogP contribution in [0.1, 0.15) is 36.0 Å². The predicted molar refractivity (Wildman–Crippen MR) is 186 cm³/mol. The smallest absolute Gasteiger partial charge is 0.241 e. The number of anilines is 1. The molecule has 6 aromatic rings. The molecule has 11 nitrogen and oxygen atoms in total. The predicted octanol–water partition coefficient (Wildman–Crippen LogP) is 6.09. The number of hydrogen-bond acceptors (Lipinski definition) is 10. The van der Waals surface area contributed by atoms with Gasteiger partial charge in [0.25, 0.3) is 0 Å². The van der Waals surface area contributed by atoms with Crippen molar-refractivity contribution in [2.24, 2.45) is 5.92 Å². The van der Waals surface area contributed by atoms with Crippen molar-refractivity contribution >= 4 is 36.7 Å². The molecule has 0 amide bonds. The van der Waals surface area contributed by atoms with Crippen molar-refractivity contribution in [2.45, 2.75) is 43.7 Å². The number of para-hydroxylation sites is 1. The summed E-state index contributed by atoms with van der Waals surface area (Å²) in [6.07, 6.45) is 3.88. The van der Waals surface area contributed by atoms with Gasteiger partial charge in [0.05, 0.1) is 41.4 Å². The highest BCUT2D eigenvalue weighted by molar-refractivity contribution is 7.89. The van der Waals surface area contributed by atoms with Crippen molar-refractivity contribution in [2.75, 3.05) is 20.0 Å². The second-order valence-corrected chi connectivity index (χ2v) is 14.6. The van der Waals surface area contributed by atoms with Crippen LogP contribution < -0.4 is 19.9 Å². The summed E-state index contributed by atoms with van der Waals surface area (Å²) in [7, 11) is -0.889. The fraction of sp³-hybridized carbons (Fsp3) is 0.257. The second kappa shape index (κ2) is 13.3. The van der Waals surface area contributed by atoms with E-state index in [1.54, 1.807) is 14.2 Å². The molecule has 1 aliphatic carbocycles. The van der Waals surface area contributed by atoms with E-state index >= 15 is 0 Å². The first-order chi connectivity index (χ1) is 23.3. The first-order valence-electron chi connectivity index (χ1n) is 15.7. The van der Waals surface area contributed by atoms with Gasteiger partial charge in [0.1, 0.15) is 11.5 Å². The van der Waals surface area contributed by atoms with Crippen molar-refractivity contribution in [1.29, 1.82) is 0 Å². The quantitative estimate of drug-likeness (QED) is 0.157. The topological polar surface area (TPSA) is 147 Å². The van der Waals surface area contributed by atoms with Crippen molar-refractivity contribution in [3.8, 4) is 34.0 Å². The minimum Gasteiger partial charge on any atom is -0.497 e. The number of fused-ring (bicyclic) bond motifs is 1. The lowest BCUT2D eigenvalue weighted by Gasteiger charge is -2.27. The van der Waals surface area contributed by atoms with E-state index in [4.69, 9.17) is 20.3 Å². The van der Waals surface area contributed by atoms with Gasteiger partial charge in [-0.15, -0.1) is 10.2 Å². The Morgan fingerprint density at radius 1 is 0.917 bits per heavy atom. The minimum atomic E-state index is -4.10. The van der Waals surface area contributed by atoms with Crippen LogP contribution in [0, 0.1) is 5.92 Å². The molecule has 0 spiro atoms. The summed E-state index contributed by atoms with van der Waals surface area (Å²) in [4.78, 5) is 6.26. The first kappa shape index (κ1) is 31.7. The zero-order valence-electron chi connectivity index (χ0n) is 26.6. The normalized spacial score (nSPS) is 13.5. The molecule has 246 valence electrons. The third kappa shape index (κ3) is 6.48. The summed E-state index contributed by atoms with van der Waals surface area (Å²) in [6, 6.07) is 24.6. The van der Waals surface area contributed by atoms with Gasteiger partial charge in [0.15, 0.2) is 5.13 Å². The van der Waals surface area contributed by atoms with Gasteiger partial charge in [-0.2, -0.15) is 4.80 Å². The highest BCUT2D eigenvalue weighted by atomic mass is 32.2. The third-order valence-corrected chi connectivity index (χ3v) is 11.1. The molecule has 1 fully saturated rings. The van der Waals surface area contributed by atoms with Crippen LogP contribution in [0.15, 0.2) is 83.8 Å². The summed E-state index contributed by atoms with van der Waals surface area (Å²) < 4.78 is 43.5. The van der Waals surface area contributed by atoms with Crippen LogP contribution in [-0.4, -0.2) is 47.8 Å². The maximum absolute atomic E-state index is 14.6. The van der Waals surface area contributed by atoms with Crippen LogP contribution in [0.4, 0.5) is 5.13 Å². The average Bonchev–Trinajstić information content (AvgIpc) is 3.71. The Kier molecular flexibility index (Phi) is 8.82. The molecule has 4 aromatic carbocycles. The Balaban J connectivity index is 1.38. The maximum atomic E-state index is 14.6. The maximum Gasteiger partial charge on any atom is 0.241 e. The van der Waals surface area contributed by atoms with Gasteiger partial charge in [-0.05, 0) is 70.1 Å². The summed E-state index contributed by atoms with van der Waals surface area (Å²) in [5, 5.41) is 14.0. The molecule has 0 unspecified atom stereocenters. The van der Waals surface area contributed by atoms with E-state index in [2.05, 4.69) is 20.0 Å². The molecule has 2 aromatic heterocycles. The molecular weight excluding hydrogens is 647 g/mol. The van der Waals surface area contributed by atoms with Crippen molar-refractivity contribution in [1.82, 2.24) is 29.9 Å². The molecule has 48 heavy (non-hydrogen) atoms. The largest absolute Gasteiger partial charge is 0.497 e. The Morgan fingerprint density at radius 3 is 2.29 bits per heavy atom. The van der Waals surface area contributed by atoms with E-state index in [0.29, 0.717) is 46.4 Å². The Labute approximate surface area is 282 Å².